The molecule has 0 atom stereocenters. The first kappa shape index (κ1) is 26.1. The van der Waals surface area contributed by atoms with E-state index in [-0.39, 0.29) is 0 Å². The van der Waals surface area contributed by atoms with Gasteiger partial charge in [-0.2, -0.15) is 5.10 Å². The molecule has 1 aromatic carbocycles. The van der Waals surface area contributed by atoms with Gasteiger partial charge in [0.05, 0.1) is 5.69 Å². The molecule has 3 aromatic heterocycles. The number of amides is 1. The summed E-state index contributed by atoms with van der Waals surface area (Å²) in [5.41, 5.74) is 9.60. The lowest BCUT2D eigenvalue weighted by atomic mass is 9.87. The van der Waals surface area contributed by atoms with E-state index in [1.54, 1.807) is 6.33 Å². The van der Waals surface area contributed by atoms with E-state index in [9.17, 15) is 4.79 Å². The van der Waals surface area contributed by atoms with Crippen molar-refractivity contribution >= 4 is 22.5 Å². The minimum absolute atomic E-state index is 0.307. The molecule has 7 heteroatoms. The number of benzene rings is 1. The Balaban J connectivity index is 1.20. The fraction of sp³-hybridized carbons (Fsp3) is 0.531. The molecule has 4 heterocycles. The third-order valence-electron chi connectivity index (χ3n) is 9.28. The summed E-state index contributed by atoms with van der Waals surface area (Å²) >= 11 is 0. The highest BCUT2D eigenvalue weighted by atomic mass is 16.2. The average Bonchev–Trinajstić information content (AvgIpc) is 3.70. The van der Waals surface area contributed by atoms with Gasteiger partial charge >= 0.3 is 0 Å². The van der Waals surface area contributed by atoms with Gasteiger partial charge in [-0.25, -0.2) is 9.50 Å². The Kier molecular flexibility index (Phi) is 7.19. The van der Waals surface area contributed by atoms with Crippen LogP contribution in [0.5, 0.6) is 0 Å². The zero-order valence-corrected chi connectivity index (χ0v) is 23.9. The van der Waals surface area contributed by atoms with Crippen LogP contribution in [0.15, 0.2) is 30.7 Å². The zero-order chi connectivity index (χ0) is 27.1. The molecule has 2 aliphatic rings. The molecule has 206 valence electrons. The molecule has 2 fully saturated rings. The van der Waals surface area contributed by atoms with Crippen LogP contribution in [0.25, 0.3) is 27.8 Å². The van der Waals surface area contributed by atoms with Crippen molar-refractivity contribution in [2.24, 2.45) is 0 Å². The van der Waals surface area contributed by atoms with Crippen LogP contribution in [0.3, 0.4) is 0 Å². The van der Waals surface area contributed by atoms with Crippen LogP contribution >= 0.6 is 0 Å². The second-order valence-electron chi connectivity index (χ2n) is 12.0. The fourth-order valence-corrected chi connectivity index (χ4v) is 6.88. The van der Waals surface area contributed by atoms with Gasteiger partial charge in [-0.15, -0.1) is 0 Å². The van der Waals surface area contributed by atoms with Crippen LogP contribution in [0.2, 0.25) is 0 Å². The van der Waals surface area contributed by atoms with E-state index in [1.807, 2.05) is 4.52 Å². The molecule has 4 aromatic rings. The number of nitrogens with one attached hydrogen (secondary N) is 2. The lowest BCUT2D eigenvalue weighted by molar-refractivity contribution is -0.132. The SMILES string of the molecule is Cc1c(-c2[nH]c3ccc(C4CCN(C(=O)CCNC5CCCC5)CC4)cc3c2C(C)C)cn2ncnc2c1C. The van der Waals surface area contributed by atoms with Crippen LogP contribution < -0.4 is 5.32 Å². The maximum absolute atomic E-state index is 12.8. The number of aryl methyl sites for hydroxylation is 1. The van der Waals surface area contributed by atoms with Gasteiger partial charge in [0, 0.05) is 54.8 Å². The monoisotopic (exact) mass is 526 g/mol. The van der Waals surface area contributed by atoms with Crippen molar-refractivity contribution in [1.82, 2.24) is 29.8 Å². The summed E-state index contributed by atoms with van der Waals surface area (Å²) in [6, 6.07) is 7.58. The Labute approximate surface area is 231 Å². The number of pyridine rings is 1. The van der Waals surface area contributed by atoms with E-state index < -0.39 is 0 Å². The van der Waals surface area contributed by atoms with Crippen LogP contribution in [0, 0.1) is 13.8 Å². The molecule has 0 spiro atoms. The molecule has 0 bridgehead atoms. The number of rotatable bonds is 7. The summed E-state index contributed by atoms with van der Waals surface area (Å²) in [6.07, 6.45) is 11.6. The molecule has 1 aliphatic carbocycles. The van der Waals surface area contributed by atoms with Crippen molar-refractivity contribution in [1.29, 1.82) is 0 Å². The Bertz CT molecular complexity index is 1480. The van der Waals surface area contributed by atoms with E-state index in [2.05, 4.69) is 77.4 Å². The molecule has 7 nitrogen and oxygen atoms in total. The van der Waals surface area contributed by atoms with E-state index in [4.69, 9.17) is 0 Å². The summed E-state index contributed by atoms with van der Waals surface area (Å²) in [4.78, 5) is 23.1. The lowest BCUT2D eigenvalue weighted by Gasteiger charge is -2.32. The summed E-state index contributed by atoms with van der Waals surface area (Å²) in [5.74, 6) is 1.16. The maximum atomic E-state index is 12.8. The van der Waals surface area contributed by atoms with Crippen molar-refractivity contribution < 1.29 is 4.79 Å². The largest absolute Gasteiger partial charge is 0.354 e. The molecule has 1 saturated heterocycles. The van der Waals surface area contributed by atoms with Crippen LogP contribution in [-0.2, 0) is 4.79 Å². The average molecular weight is 527 g/mol. The van der Waals surface area contributed by atoms with Crippen LogP contribution in [0.4, 0.5) is 0 Å². The quantitative estimate of drug-likeness (QED) is 0.299. The number of hydrogen-bond donors (Lipinski definition) is 2. The van der Waals surface area contributed by atoms with Crippen molar-refractivity contribution in [3.8, 4) is 11.3 Å². The second-order valence-corrected chi connectivity index (χ2v) is 12.0. The minimum atomic E-state index is 0.307. The lowest BCUT2D eigenvalue weighted by Crippen LogP contribution is -2.39. The van der Waals surface area contributed by atoms with Gasteiger partial charge < -0.3 is 15.2 Å². The molecule has 1 aliphatic heterocycles. The Hall–Kier alpha value is -3.19. The third-order valence-corrected chi connectivity index (χ3v) is 9.28. The molecule has 6 rings (SSSR count). The third kappa shape index (κ3) is 4.97. The highest BCUT2D eigenvalue weighted by Gasteiger charge is 2.26. The van der Waals surface area contributed by atoms with Crippen molar-refractivity contribution in [2.45, 2.75) is 90.5 Å². The maximum Gasteiger partial charge on any atom is 0.223 e. The number of carbonyl (C=O) groups is 1. The molecule has 1 amide bonds. The fourth-order valence-electron chi connectivity index (χ4n) is 6.88. The summed E-state index contributed by atoms with van der Waals surface area (Å²) in [6.45, 7) is 11.4. The first-order valence-electron chi connectivity index (χ1n) is 14.9. The number of nitrogens with zero attached hydrogens (tertiary/aromatic N) is 4. The normalized spacial score (nSPS) is 17.3. The number of hydrogen-bond acceptors (Lipinski definition) is 4. The number of piperidine rings is 1. The molecular weight excluding hydrogens is 484 g/mol. The van der Waals surface area contributed by atoms with Gasteiger partial charge in [0.1, 0.15) is 6.33 Å². The second kappa shape index (κ2) is 10.8. The first-order chi connectivity index (χ1) is 18.9. The number of aromatic amines is 1. The Morgan fingerprint density at radius 2 is 1.87 bits per heavy atom. The standard InChI is InChI=1S/C32H42N6O/c1-20(2)30-26-17-24(23-12-15-37(16-13-23)29(39)11-14-33-25-7-5-6-8-25)9-10-28(26)36-31(30)27-18-38-32(34-19-35-38)22(4)21(27)3/h9-10,17-20,23,25,33,36H,5-8,11-16H2,1-4H3. The smallest absolute Gasteiger partial charge is 0.223 e. The highest BCUT2D eigenvalue weighted by molar-refractivity contribution is 5.92. The molecular formula is C32H42N6O. The molecule has 39 heavy (non-hydrogen) atoms. The van der Waals surface area contributed by atoms with Crippen LogP contribution in [0.1, 0.15) is 92.9 Å². The Morgan fingerprint density at radius 3 is 2.62 bits per heavy atom. The summed E-state index contributed by atoms with van der Waals surface area (Å²) in [7, 11) is 0. The van der Waals surface area contributed by atoms with Crippen molar-refractivity contribution in [2.75, 3.05) is 19.6 Å². The number of carbonyl (C=O) groups excluding carboxylic acids is 1. The summed E-state index contributed by atoms with van der Waals surface area (Å²) in [5, 5.41) is 9.32. The number of likely N-dealkylation sites (tertiary alicyclic amines) is 1. The molecule has 0 unspecified atom stereocenters. The Morgan fingerprint density at radius 1 is 1.10 bits per heavy atom. The molecule has 1 saturated carbocycles. The van der Waals surface area contributed by atoms with E-state index in [0.717, 1.165) is 43.7 Å². The predicted octanol–water partition coefficient (Wildman–Crippen LogP) is 6.25. The van der Waals surface area contributed by atoms with E-state index >= 15 is 0 Å². The first-order valence-corrected chi connectivity index (χ1v) is 14.9. The van der Waals surface area contributed by atoms with Crippen LogP contribution in [-0.4, -0.2) is 56.1 Å². The summed E-state index contributed by atoms with van der Waals surface area (Å²) < 4.78 is 1.89. The molecule has 2 N–H and O–H groups in total. The number of fused-ring (bicyclic) bond motifs is 2. The van der Waals surface area contributed by atoms with Gasteiger partial charge in [0.25, 0.3) is 0 Å². The van der Waals surface area contributed by atoms with Gasteiger partial charge in [0.15, 0.2) is 5.65 Å². The van der Waals surface area contributed by atoms with Gasteiger partial charge in [0.2, 0.25) is 5.91 Å². The van der Waals surface area contributed by atoms with Gasteiger partial charge in [-0.1, -0.05) is 32.8 Å². The van der Waals surface area contributed by atoms with Crippen molar-refractivity contribution in [3.05, 3.63) is 53.0 Å². The van der Waals surface area contributed by atoms with E-state index in [1.165, 1.54) is 64.5 Å². The number of H-pyrrole nitrogens is 1. The van der Waals surface area contributed by atoms with Gasteiger partial charge in [-0.3, -0.25) is 4.79 Å². The zero-order valence-electron chi connectivity index (χ0n) is 23.9. The van der Waals surface area contributed by atoms with E-state index in [0.29, 0.717) is 30.2 Å². The van der Waals surface area contributed by atoms with Crippen molar-refractivity contribution in [3.63, 3.8) is 0 Å². The van der Waals surface area contributed by atoms with Gasteiger partial charge in [-0.05, 0) is 85.8 Å². The number of aromatic nitrogens is 4. The topological polar surface area (TPSA) is 78.3 Å². The highest BCUT2D eigenvalue weighted by Crippen LogP contribution is 2.40. The molecule has 0 radical (unpaired) electrons. The predicted molar refractivity (Wildman–Crippen MR) is 157 cm³/mol. The minimum Gasteiger partial charge on any atom is -0.354 e.